The number of methoxy groups -OCH3 is 3. The van der Waals surface area contributed by atoms with Crippen molar-refractivity contribution in [2.45, 2.75) is 213 Å². The molecule has 1 saturated carbocycles. The van der Waals surface area contributed by atoms with Crippen LogP contribution >= 0.6 is 0 Å². The molecule has 1 amide bonds. The fourth-order valence-corrected chi connectivity index (χ4v) is 11.6. The number of nitrogens with zero attached hydrogens (tertiary/aromatic N) is 1. The monoisotopic (exact) mass is 1060 g/mol. The van der Waals surface area contributed by atoms with Crippen molar-refractivity contribution in [3.05, 3.63) is 47.6 Å². The first-order valence-corrected chi connectivity index (χ1v) is 27.8. The van der Waals surface area contributed by atoms with Crippen molar-refractivity contribution < 1.29 is 72.1 Å². The highest BCUT2D eigenvalue weighted by Crippen LogP contribution is 2.39. The maximum absolute atomic E-state index is 14.6. The van der Waals surface area contributed by atoms with Crippen LogP contribution < -0.4 is 0 Å². The zero-order valence-electron chi connectivity index (χ0n) is 47.5. The van der Waals surface area contributed by atoms with Crippen molar-refractivity contribution in [3.8, 4) is 0 Å². The molecule has 2 bridgehead atoms. The number of rotatable bonds is 8. The van der Waals surface area contributed by atoms with Crippen molar-refractivity contribution in [2.24, 2.45) is 40.9 Å². The van der Waals surface area contributed by atoms with Gasteiger partial charge in [0.25, 0.3) is 11.7 Å². The summed E-state index contributed by atoms with van der Waals surface area (Å²) in [7, 11) is 4.65. The molecule has 2 N–H and O–H groups in total. The molecule has 424 valence electrons. The van der Waals surface area contributed by atoms with Crippen LogP contribution in [0, 0.1) is 40.9 Å². The van der Waals surface area contributed by atoms with Gasteiger partial charge in [-0.2, -0.15) is 0 Å². The summed E-state index contributed by atoms with van der Waals surface area (Å²) in [6, 6.07) is -1.06. The fourth-order valence-electron chi connectivity index (χ4n) is 11.6. The summed E-state index contributed by atoms with van der Waals surface area (Å²) < 4.78 is 48.0. The Morgan fingerprint density at radius 2 is 1.51 bits per heavy atom. The highest BCUT2D eigenvalue weighted by Gasteiger charge is 2.53. The van der Waals surface area contributed by atoms with E-state index in [0.29, 0.717) is 76.2 Å². The topological polar surface area (TPSA) is 203 Å². The second-order valence-corrected chi connectivity index (χ2v) is 23.6. The minimum absolute atomic E-state index is 0.0490. The van der Waals surface area contributed by atoms with Crippen LogP contribution in [0.15, 0.2) is 47.6 Å². The molecule has 0 aromatic carbocycles. The number of aliphatic hydroxyl groups is 2. The molecular weight excluding hydrogens is 963 g/mol. The minimum Gasteiger partial charge on any atom is -0.461 e. The summed E-state index contributed by atoms with van der Waals surface area (Å²) in [6.07, 6.45) is 13.8. The predicted molar refractivity (Wildman–Crippen MR) is 283 cm³/mol. The van der Waals surface area contributed by atoms with E-state index in [4.69, 9.17) is 37.9 Å². The average molecular weight is 1060 g/mol. The fraction of sp³-hybridized carbons (Fsp3) is 0.780. The van der Waals surface area contributed by atoms with Crippen LogP contribution in [-0.4, -0.2) is 146 Å². The molecule has 3 saturated heterocycles. The van der Waals surface area contributed by atoms with Gasteiger partial charge in [-0.15, -0.1) is 0 Å². The van der Waals surface area contributed by atoms with Gasteiger partial charge in [0.05, 0.1) is 31.5 Å². The van der Waals surface area contributed by atoms with E-state index in [0.717, 1.165) is 12.0 Å². The van der Waals surface area contributed by atoms with Gasteiger partial charge >= 0.3 is 11.9 Å². The molecule has 4 aliphatic heterocycles. The third kappa shape index (κ3) is 16.5. The van der Waals surface area contributed by atoms with Crippen LogP contribution in [0.25, 0.3) is 0 Å². The number of carbonyl (C=O) groups is 5. The number of allylic oxidation sites excluding steroid dienone is 6. The second-order valence-electron chi connectivity index (χ2n) is 23.6. The maximum atomic E-state index is 14.6. The molecule has 4 fully saturated rings. The number of cyclic esters (lactones) is 1. The second kappa shape index (κ2) is 27.8. The number of hydrogen-bond acceptors (Lipinski definition) is 15. The van der Waals surface area contributed by atoms with E-state index in [9.17, 15) is 34.2 Å². The van der Waals surface area contributed by atoms with Crippen LogP contribution in [0.2, 0.25) is 0 Å². The van der Waals surface area contributed by atoms with Crippen molar-refractivity contribution in [1.29, 1.82) is 0 Å². The van der Waals surface area contributed by atoms with E-state index in [-0.39, 0.29) is 61.7 Å². The zero-order chi connectivity index (χ0) is 55.4. The Kier molecular flexibility index (Phi) is 23.1. The molecule has 0 aromatic rings. The highest BCUT2D eigenvalue weighted by atomic mass is 16.7. The lowest BCUT2D eigenvalue weighted by Crippen LogP contribution is -2.61. The number of Topliss-reactive ketones (excluding diaryl/α,β-unsaturated/α-hetero) is 2. The number of amides is 1. The van der Waals surface area contributed by atoms with E-state index in [2.05, 4.69) is 0 Å². The van der Waals surface area contributed by atoms with Crippen molar-refractivity contribution >= 4 is 29.4 Å². The number of aliphatic hydroxyl groups excluding tert-OH is 1. The standard InChI is InChI=1S/C59H93NO15/c1-36-19-15-14-16-20-38(3)48(68-11)33-44-25-23-42(7)59(67,75-44)53(63)54(64)60-28-18-17-21-45(60)55(65)73-46(26-22-37(2)30-41(6)51(62)52(70-13)50(61)40(5)29-36)39(4)31-43-24-27-47(49(32-43)69-12)74-56(66)58(10)34-71-57(8,9)72-35-58/h14-16,19-20,30,36-37,39-40,42-49,51-52,62,67H,17-18,21-29,31-35H2,1-13H3/b16-14?,19-15+,38-20?,41-30+/t36-,37+,39-,40-,42-,43+,44+,45+,46+,47-,48+,49-,51-,52+,59-/m1/s1. The molecule has 1 aliphatic carbocycles. The minimum atomic E-state index is -2.41. The van der Waals surface area contributed by atoms with E-state index in [1.165, 1.54) is 12.0 Å². The van der Waals surface area contributed by atoms with Gasteiger partial charge in [0.15, 0.2) is 11.6 Å². The Morgan fingerprint density at radius 1 is 0.800 bits per heavy atom. The van der Waals surface area contributed by atoms with E-state index < -0.39 is 95.1 Å². The molecule has 0 aromatic heterocycles. The van der Waals surface area contributed by atoms with Crippen LogP contribution in [0.1, 0.15) is 153 Å². The largest absolute Gasteiger partial charge is 0.461 e. The Bertz CT molecular complexity index is 2050. The summed E-state index contributed by atoms with van der Waals surface area (Å²) in [5, 5.41) is 23.6. The lowest BCUT2D eigenvalue weighted by molar-refractivity contribution is -0.283. The van der Waals surface area contributed by atoms with Crippen LogP contribution in [0.5, 0.6) is 0 Å². The van der Waals surface area contributed by atoms with Crippen LogP contribution in [0.4, 0.5) is 0 Å². The molecule has 0 radical (unpaired) electrons. The van der Waals surface area contributed by atoms with Gasteiger partial charge in [-0.05, 0) is 146 Å². The van der Waals surface area contributed by atoms with Crippen molar-refractivity contribution in [2.75, 3.05) is 41.1 Å². The quantitative estimate of drug-likeness (QED) is 0.133. The first-order valence-electron chi connectivity index (χ1n) is 27.8. The summed E-state index contributed by atoms with van der Waals surface area (Å²) in [5.74, 6) is -7.66. The Morgan fingerprint density at radius 3 is 2.17 bits per heavy atom. The number of fused-ring (bicyclic) bond motifs is 3. The third-order valence-electron chi connectivity index (χ3n) is 16.7. The van der Waals surface area contributed by atoms with Gasteiger partial charge in [0.2, 0.25) is 5.79 Å². The van der Waals surface area contributed by atoms with Crippen molar-refractivity contribution in [3.63, 3.8) is 0 Å². The summed E-state index contributed by atoms with van der Waals surface area (Å²) >= 11 is 0. The van der Waals surface area contributed by atoms with E-state index in [1.54, 1.807) is 35.0 Å². The number of esters is 2. The molecular formula is C59H93NO15. The van der Waals surface area contributed by atoms with E-state index in [1.807, 2.05) is 84.9 Å². The number of ketones is 2. The van der Waals surface area contributed by atoms with Crippen LogP contribution in [0.3, 0.4) is 0 Å². The molecule has 15 atom stereocenters. The Labute approximate surface area is 447 Å². The van der Waals surface area contributed by atoms with Gasteiger partial charge in [-0.1, -0.05) is 71.1 Å². The van der Waals surface area contributed by atoms with Gasteiger partial charge in [0.1, 0.15) is 35.9 Å². The molecule has 16 heteroatoms. The molecule has 0 unspecified atom stereocenters. The molecule has 5 aliphatic rings. The summed E-state index contributed by atoms with van der Waals surface area (Å²) in [4.78, 5) is 72.0. The van der Waals surface area contributed by atoms with Gasteiger partial charge in [-0.25, -0.2) is 4.79 Å². The van der Waals surface area contributed by atoms with Gasteiger partial charge in [0, 0.05) is 46.1 Å². The molecule has 5 rings (SSSR count). The Balaban J connectivity index is 1.41. The molecule has 16 nitrogen and oxygen atoms in total. The maximum Gasteiger partial charge on any atom is 0.329 e. The highest BCUT2D eigenvalue weighted by molar-refractivity contribution is 6.39. The Hall–Kier alpha value is -3.61. The molecule has 0 spiro atoms. The number of hydrogen-bond donors (Lipinski definition) is 2. The first kappa shape index (κ1) is 62.2. The lowest BCUT2D eigenvalue weighted by Gasteiger charge is -2.43. The number of ether oxygens (including phenoxy) is 8. The molecule has 4 heterocycles. The van der Waals surface area contributed by atoms with Gasteiger partial charge < -0.3 is 53.0 Å². The normalized spacial score (nSPS) is 38.0. The van der Waals surface area contributed by atoms with E-state index >= 15 is 0 Å². The predicted octanol–water partition coefficient (Wildman–Crippen LogP) is 8.34. The van der Waals surface area contributed by atoms with Crippen molar-refractivity contribution in [1.82, 2.24) is 4.90 Å². The summed E-state index contributed by atoms with van der Waals surface area (Å²) in [5.41, 5.74) is 0.524. The molecule has 75 heavy (non-hydrogen) atoms. The summed E-state index contributed by atoms with van der Waals surface area (Å²) in [6.45, 7) is 19.3. The third-order valence-corrected chi connectivity index (χ3v) is 16.7. The first-order chi connectivity index (χ1) is 35.4. The lowest BCUT2D eigenvalue weighted by atomic mass is 9.78. The number of piperidine rings is 1. The zero-order valence-corrected chi connectivity index (χ0v) is 47.5. The smallest absolute Gasteiger partial charge is 0.329 e. The SMILES string of the molecule is CO[C@H]1C[C@@H]2CC[C@@H](C)[C@@](O)(O2)C(=O)C(=O)N2CCCC[C@H]2C(=O)O[C@H]([C@H](C)C[C@@H]2CC[C@@H](OC(=O)C3(C)COC(C)(C)OC3)[C@H](OC)C2)CC[C@H](C)/C=C(\C)[C@@H](O)[C@@H](OC)C(=O)[C@H](C)C[C@H](C)/C=C/C=CC=C1C. The van der Waals surface area contributed by atoms with Crippen LogP contribution in [-0.2, 0) is 61.9 Å². The average Bonchev–Trinajstić information content (AvgIpc) is 3.38. The number of carbonyl (C=O) groups excluding carboxylic acids is 5. The van der Waals surface area contributed by atoms with Gasteiger partial charge in [-0.3, -0.25) is 19.2 Å².